The predicted octanol–water partition coefficient (Wildman–Crippen LogP) is 0.267. The molecule has 1 amide bonds. The molecule has 104 valence electrons. The van der Waals surface area contributed by atoms with Gasteiger partial charge in [-0.2, -0.15) is 0 Å². The van der Waals surface area contributed by atoms with E-state index in [4.69, 9.17) is 9.84 Å². The topological polar surface area (TPSA) is 84.9 Å². The number of nitrogens with one attached hydrogen (secondary N) is 1. The summed E-state index contributed by atoms with van der Waals surface area (Å²) in [5.41, 5.74) is 1.18. The Morgan fingerprint density at radius 1 is 1.37 bits per heavy atom. The zero-order chi connectivity index (χ0) is 14.4. The fourth-order valence-electron chi connectivity index (χ4n) is 1.56. The minimum atomic E-state index is -1.09. The van der Waals surface area contributed by atoms with Crippen molar-refractivity contribution >= 4 is 11.9 Å². The second-order valence-electron chi connectivity index (χ2n) is 3.94. The van der Waals surface area contributed by atoms with Crippen molar-refractivity contribution in [2.75, 3.05) is 20.8 Å². The van der Waals surface area contributed by atoms with Crippen molar-refractivity contribution in [1.82, 2.24) is 5.32 Å². The zero-order valence-electron chi connectivity index (χ0n) is 11.1. The highest BCUT2D eigenvalue weighted by atomic mass is 16.5. The van der Waals surface area contributed by atoms with Gasteiger partial charge in [0.2, 0.25) is 0 Å². The molecule has 0 aliphatic rings. The van der Waals surface area contributed by atoms with E-state index in [9.17, 15) is 9.59 Å². The molecular formula is C13H17NO5. The van der Waals surface area contributed by atoms with E-state index >= 15 is 0 Å². The third-order valence-corrected chi connectivity index (χ3v) is 2.57. The quantitative estimate of drug-likeness (QED) is 0.748. The van der Waals surface area contributed by atoms with Crippen LogP contribution in [-0.2, 0) is 9.53 Å². The van der Waals surface area contributed by atoms with Crippen LogP contribution < -0.4 is 10.1 Å². The van der Waals surface area contributed by atoms with Crippen LogP contribution in [0.2, 0.25) is 0 Å². The molecule has 2 N–H and O–H groups in total. The van der Waals surface area contributed by atoms with Gasteiger partial charge in [-0.05, 0) is 19.1 Å². The van der Waals surface area contributed by atoms with Crippen molar-refractivity contribution in [2.45, 2.75) is 13.0 Å². The van der Waals surface area contributed by atoms with Crippen LogP contribution in [0.25, 0.3) is 0 Å². The van der Waals surface area contributed by atoms with Gasteiger partial charge < -0.3 is 19.9 Å². The van der Waals surface area contributed by atoms with Gasteiger partial charge in [0.1, 0.15) is 5.75 Å². The molecular weight excluding hydrogens is 250 g/mol. The van der Waals surface area contributed by atoms with Gasteiger partial charge in [0, 0.05) is 0 Å². The standard InChI is InChI=1S/C13H17NO5/c1-8-4-5-11(18-2)9(6-8)12(16)14-10(7-15)13(17)19-3/h4-6,10,15H,7H2,1-3H3,(H,14,16). The summed E-state index contributed by atoms with van der Waals surface area (Å²) in [4.78, 5) is 23.4. The van der Waals surface area contributed by atoms with E-state index in [1.807, 2.05) is 6.92 Å². The Balaban J connectivity index is 2.94. The molecule has 0 fully saturated rings. The fraction of sp³-hybridized carbons (Fsp3) is 0.385. The molecule has 1 aromatic carbocycles. The molecule has 6 heteroatoms. The van der Waals surface area contributed by atoms with Crippen molar-refractivity contribution in [1.29, 1.82) is 0 Å². The highest BCUT2D eigenvalue weighted by Crippen LogP contribution is 2.19. The molecule has 0 aliphatic carbocycles. The normalized spacial score (nSPS) is 11.6. The smallest absolute Gasteiger partial charge is 0.330 e. The summed E-state index contributed by atoms with van der Waals surface area (Å²) in [7, 11) is 2.63. The van der Waals surface area contributed by atoms with Crippen LogP contribution >= 0.6 is 0 Å². The van der Waals surface area contributed by atoms with E-state index in [1.165, 1.54) is 14.2 Å². The number of ether oxygens (including phenoxy) is 2. The van der Waals surface area contributed by atoms with Gasteiger partial charge in [-0.1, -0.05) is 11.6 Å². The van der Waals surface area contributed by atoms with Gasteiger partial charge in [-0.25, -0.2) is 4.79 Å². The Morgan fingerprint density at radius 3 is 2.58 bits per heavy atom. The number of benzene rings is 1. The van der Waals surface area contributed by atoms with Crippen LogP contribution in [0.5, 0.6) is 5.75 Å². The molecule has 0 spiro atoms. The van der Waals surface area contributed by atoms with Crippen LogP contribution in [0.1, 0.15) is 15.9 Å². The predicted molar refractivity (Wildman–Crippen MR) is 68.1 cm³/mol. The molecule has 0 aliphatic heterocycles. The fourth-order valence-corrected chi connectivity index (χ4v) is 1.56. The summed E-state index contributed by atoms with van der Waals surface area (Å²) < 4.78 is 9.56. The van der Waals surface area contributed by atoms with Gasteiger partial charge in [-0.15, -0.1) is 0 Å². The molecule has 19 heavy (non-hydrogen) atoms. The lowest BCUT2D eigenvalue weighted by atomic mass is 10.1. The molecule has 6 nitrogen and oxygen atoms in total. The summed E-state index contributed by atoms with van der Waals surface area (Å²) in [6.45, 7) is 1.30. The maximum atomic E-state index is 12.1. The monoisotopic (exact) mass is 267 g/mol. The molecule has 0 saturated carbocycles. The van der Waals surface area contributed by atoms with Crippen LogP contribution in [0, 0.1) is 6.92 Å². The van der Waals surface area contributed by atoms with Gasteiger partial charge in [-0.3, -0.25) is 4.79 Å². The number of esters is 1. The maximum absolute atomic E-state index is 12.1. The average Bonchev–Trinajstić information content (AvgIpc) is 2.43. The summed E-state index contributed by atoms with van der Waals surface area (Å²) in [6.07, 6.45) is 0. The largest absolute Gasteiger partial charge is 0.496 e. The average molecular weight is 267 g/mol. The molecule has 0 saturated heterocycles. The Labute approximate surface area is 111 Å². The molecule has 0 aromatic heterocycles. The molecule has 1 unspecified atom stereocenters. The van der Waals surface area contributed by atoms with E-state index < -0.39 is 24.5 Å². The maximum Gasteiger partial charge on any atom is 0.330 e. The number of methoxy groups -OCH3 is 2. The van der Waals surface area contributed by atoms with Crippen LogP contribution in [0.15, 0.2) is 18.2 Å². The minimum Gasteiger partial charge on any atom is -0.496 e. The van der Waals surface area contributed by atoms with E-state index in [1.54, 1.807) is 18.2 Å². The second kappa shape index (κ2) is 6.75. The molecule has 0 heterocycles. The summed E-state index contributed by atoms with van der Waals surface area (Å²) in [5, 5.41) is 11.4. The Bertz CT molecular complexity index is 472. The van der Waals surface area contributed by atoms with Crippen molar-refractivity contribution < 1.29 is 24.2 Å². The third-order valence-electron chi connectivity index (χ3n) is 2.57. The summed E-state index contributed by atoms with van der Waals surface area (Å²) in [5.74, 6) is -0.822. The SMILES string of the molecule is COC(=O)C(CO)NC(=O)c1cc(C)ccc1OC. The van der Waals surface area contributed by atoms with Crippen molar-refractivity contribution in [2.24, 2.45) is 0 Å². The Morgan fingerprint density at radius 2 is 2.05 bits per heavy atom. The number of hydrogen-bond acceptors (Lipinski definition) is 5. The number of carbonyl (C=O) groups excluding carboxylic acids is 2. The van der Waals surface area contributed by atoms with Crippen LogP contribution in [-0.4, -0.2) is 43.9 Å². The Kier molecular flexibility index (Phi) is 5.32. The minimum absolute atomic E-state index is 0.296. The molecule has 1 atom stereocenters. The first-order valence-corrected chi connectivity index (χ1v) is 5.67. The van der Waals surface area contributed by atoms with Crippen molar-refractivity contribution in [3.63, 3.8) is 0 Å². The van der Waals surface area contributed by atoms with Gasteiger partial charge in [0.25, 0.3) is 5.91 Å². The summed E-state index contributed by atoms with van der Waals surface area (Å²) in [6, 6.07) is 4.01. The van der Waals surface area contributed by atoms with Gasteiger partial charge in [0.05, 0.1) is 26.4 Å². The number of aryl methyl sites for hydroxylation is 1. The first-order chi connectivity index (χ1) is 9.03. The van der Waals surface area contributed by atoms with Gasteiger partial charge >= 0.3 is 5.97 Å². The third kappa shape index (κ3) is 3.69. The van der Waals surface area contributed by atoms with E-state index in [-0.39, 0.29) is 0 Å². The first kappa shape index (κ1) is 15.0. The Hall–Kier alpha value is -2.08. The summed E-state index contributed by atoms with van der Waals surface area (Å²) >= 11 is 0. The lowest BCUT2D eigenvalue weighted by molar-refractivity contribution is -0.143. The highest BCUT2D eigenvalue weighted by Gasteiger charge is 2.22. The molecule has 0 radical (unpaired) electrons. The number of aliphatic hydroxyl groups is 1. The van der Waals surface area contributed by atoms with E-state index in [2.05, 4.69) is 10.1 Å². The first-order valence-electron chi connectivity index (χ1n) is 5.67. The van der Waals surface area contributed by atoms with Crippen molar-refractivity contribution in [3.05, 3.63) is 29.3 Å². The number of amides is 1. The van der Waals surface area contributed by atoms with Crippen molar-refractivity contribution in [3.8, 4) is 5.75 Å². The lowest BCUT2D eigenvalue weighted by Crippen LogP contribution is -2.44. The van der Waals surface area contributed by atoms with Crippen LogP contribution in [0.3, 0.4) is 0 Å². The number of hydrogen-bond donors (Lipinski definition) is 2. The molecule has 1 rings (SSSR count). The molecule has 1 aromatic rings. The number of aliphatic hydroxyl groups excluding tert-OH is 1. The molecule has 0 bridgehead atoms. The lowest BCUT2D eigenvalue weighted by Gasteiger charge is -2.15. The van der Waals surface area contributed by atoms with Gasteiger partial charge in [0.15, 0.2) is 6.04 Å². The highest BCUT2D eigenvalue weighted by molar-refractivity contribution is 5.99. The number of carbonyl (C=O) groups is 2. The van der Waals surface area contributed by atoms with Crippen LogP contribution in [0.4, 0.5) is 0 Å². The second-order valence-corrected chi connectivity index (χ2v) is 3.94. The van der Waals surface area contributed by atoms with E-state index in [0.717, 1.165) is 5.56 Å². The number of rotatable bonds is 5. The van der Waals surface area contributed by atoms with E-state index in [0.29, 0.717) is 11.3 Å². The zero-order valence-corrected chi connectivity index (χ0v) is 11.1.